The van der Waals surface area contributed by atoms with E-state index >= 15 is 0 Å². The van der Waals surface area contributed by atoms with Gasteiger partial charge >= 0.3 is 0 Å². The number of aromatic nitrogens is 3. The van der Waals surface area contributed by atoms with Gasteiger partial charge in [0.05, 0.1) is 12.8 Å². The maximum absolute atomic E-state index is 13.1. The van der Waals surface area contributed by atoms with Crippen LogP contribution in [-0.4, -0.2) is 45.8 Å². The first kappa shape index (κ1) is 20.7. The lowest BCUT2D eigenvalue weighted by Gasteiger charge is -2.32. The van der Waals surface area contributed by atoms with Gasteiger partial charge in [-0.3, -0.25) is 14.5 Å². The van der Waals surface area contributed by atoms with Gasteiger partial charge in [-0.1, -0.05) is 12.1 Å². The Bertz CT molecular complexity index is 1140. The third-order valence-corrected chi connectivity index (χ3v) is 6.69. The van der Waals surface area contributed by atoms with Gasteiger partial charge in [0, 0.05) is 43.4 Å². The number of rotatable bonds is 5. The van der Waals surface area contributed by atoms with Crippen LogP contribution >= 0.6 is 0 Å². The Hall–Kier alpha value is -3.15. The lowest BCUT2D eigenvalue weighted by atomic mass is 9.91. The van der Waals surface area contributed by atoms with Crippen molar-refractivity contribution in [2.24, 2.45) is 7.05 Å². The number of piperidine rings is 1. The smallest absolute Gasteiger partial charge is 0.272 e. The number of ether oxygens (including phenoxy) is 1. The molecular formula is C26H30N4O2. The van der Waals surface area contributed by atoms with Gasteiger partial charge in [-0.25, -0.2) is 0 Å². The van der Waals surface area contributed by atoms with E-state index in [1.165, 1.54) is 12.8 Å². The molecule has 0 radical (unpaired) electrons. The number of hydrogen-bond acceptors (Lipinski definition) is 4. The summed E-state index contributed by atoms with van der Waals surface area (Å²) in [6.45, 7) is 3.54. The number of benzene rings is 1. The van der Waals surface area contributed by atoms with Crippen molar-refractivity contribution < 1.29 is 9.53 Å². The summed E-state index contributed by atoms with van der Waals surface area (Å²) in [5, 5.41) is 4.56. The Morgan fingerprint density at radius 1 is 0.969 bits per heavy atom. The summed E-state index contributed by atoms with van der Waals surface area (Å²) in [6, 6.07) is 14.5. The van der Waals surface area contributed by atoms with Crippen LogP contribution in [-0.2, 0) is 7.05 Å². The molecule has 0 N–H and O–H groups in total. The Labute approximate surface area is 189 Å². The van der Waals surface area contributed by atoms with Crippen molar-refractivity contribution in [3.63, 3.8) is 0 Å². The summed E-state index contributed by atoms with van der Waals surface area (Å²) in [4.78, 5) is 19.9. The number of methoxy groups -OCH3 is 1. The molecule has 0 bridgehead atoms. The zero-order chi connectivity index (χ0) is 22.2. The molecule has 1 saturated heterocycles. The van der Waals surface area contributed by atoms with Crippen LogP contribution in [0.25, 0.3) is 11.1 Å². The quantitative estimate of drug-likeness (QED) is 0.589. The van der Waals surface area contributed by atoms with Crippen LogP contribution in [0.1, 0.15) is 65.1 Å². The molecule has 3 aromatic rings. The van der Waals surface area contributed by atoms with Crippen LogP contribution in [0.15, 0.2) is 42.5 Å². The van der Waals surface area contributed by atoms with Gasteiger partial charge in [0.25, 0.3) is 5.91 Å². The second-order valence-electron chi connectivity index (χ2n) is 9.07. The molecule has 32 heavy (non-hydrogen) atoms. The lowest BCUT2D eigenvalue weighted by molar-refractivity contribution is 0.0701. The van der Waals surface area contributed by atoms with Crippen LogP contribution in [0.5, 0.6) is 5.75 Å². The van der Waals surface area contributed by atoms with Crippen molar-refractivity contribution in [2.45, 2.75) is 44.4 Å². The highest BCUT2D eigenvalue weighted by Gasteiger charge is 2.31. The van der Waals surface area contributed by atoms with Crippen molar-refractivity contribution in [1.29, 1.82) is 0 Å². The highest BCUT2D eigenvalue weighted by molar-refractivity contribution is 5.92. The lowest BCUT2D eigenvalue weighted by Crippen LogP contribution is -2.38. The summed E-state index contributed by atoms with van der Waals surface area (Å²) in [5.41, 5.74) is 6.20. The third-order valence-electron chi connectivity index (χ3n) is 6.69. The normalized spacial score (nSPS) is 16.9. The molecule has 1 aromatic carbocycles. The minimum absolute atomic E-state index is 0.0969. The minimum Gasteiger partial charge on any atom is -0.497 e. The number of aryl methyl sites for hydroxylation is 2. The molecule has 2 fully saturated rings. The van der Waals surface area contributed by atoms with E-state index in [1.54, 1.807) is 11.8 Å². The maximum Gasteiger partial charge on any atom is 0.272 e. The molecule has 2 aromatic heterocycles. The molecule has 0 unspecified atom stereocenters. The van der Waals surface area contributed by atoms with Gasteiger partial charge in [0.2, 0.25) is 0 Å². The predicted molar refractivity (Wildman–Crippen MR) is 124 cm³/mol. The fourth-order valence-corrected chi connectivity index (χ4v) is 4.68. The monoisotopic (exact) mass is 430 g/mol. The highest BCUT2D eigenvalue weighted by atomic mass is 16.5. The molecule has 6 nitrogen and oxygen atoms in total. The topological polar surface area (TPSA) is 60.2 Å². The van der Waals surface area contributed by atoms with Gasteiger partial charge in [0.1, 0.15) is 11.4 Å². The average molecular weight is 431 g/mol. The van der Waals surface area contributed by atoms with Gasteiger partial charge in [-0.2, -0.15) is 5.10 Å². The van der Waals surface area contributed by atoms with E-state index in [1.807, 2.05) is 37.1 Å². The van der Waals surface area contributed by atoms with Crippen LogP contribution < -0.4 is 4.74 Å². The third kappa shape index (κ3) is 4.14. The predicted octanol–water partition coefficient (Wildman–Crippen LogP) is 4.70. The zero-order valence-corrected chi connectivity index (χ0v) is 19.0. The van der Waals surface area contributed by atoms with E-state index in [0.29, 0.717) is 17.5 Å². The van der Waals surface area contributed by atoms with E-state index in [9.17, 15) is 4.79 Å². The Balaban J connectivity index is 1.30. The van der Waals surface area contributed by atoms with Crippen molar-refractivity contribution in [1.82, 2.24) is 19.7 Å². The molecule has 166 valence electrons. The number of carbonyl (C=O) groups is 1. The second-order valence-corrected chi connectivity index (χ2v) is 9.07. The summed E-state index contributed by atoms with van der Waals surface area (Å²) in [6.07, 6.45) is 4.23. The van der Waals surface area contributed by atoms with Crippen molar-refractivity contribution in [3.05, 3.63) is 65.2 Å². The first-order valence-electron chi connectivity index (χ1n) is 11.5. The molecule has 5 rings (SSSR count). The number of pyridine rings is 1. The zero-order valence-electron chi connectivity index (χ0n) is 19.0. The Kier molecular flexibility index (Phi) is 5.45. The molecule has 0 atom stereocenters. The summed E-state index contributed by atoms with van der Waals surface area (Å²) in [7, 11) is 3.57. The van der Waals surface area contributed by atoms with E-state index in [2.05, 4.69) is 29.4 Å². The molecular weight excluding hydrogens is 400 g/mol. The number of hydrogen-bond donors (Lipinski definition) is 0. The van der Waals surface area contributed by atoms with Crippen LogP contribution in [0.3, 0.4) is 0 Å². The standard InChI is InChI=1S/C26H30N4O2/c1-17-13-21(20-5-4-6-22(14-20)32-3)15-23(27-17)19-9-11-30(12-10-19)26(31)25-16-24(18-7-8-18)28-29(25)2/h4-6,13-16,18-19H,7-12H2,1-3H3. The molecule has 1 aliphatic heterocycles. The van der Waals surface area contributed by atoms with Gasteiger partial charge < -0.3 is 9.64 Å². The van der Waals surface area contributed by atoms with Gasteiger partial charge in [-0.05, 0) is 74.1 Å². The molecule has 3 heterocycles. The summed E-state index contributed by atoms with van der Waals surface area (Å²) >= 11 is 0. The van der Waals surface area contributed by atoms with Crippen LogP contribution in [0, 0.1) is 6.92 Å². The van der Waals surface area contributed by atoms with E-state index in [-0.39, 0.29) is 5.91 Å². The largest absolute Gasteiger partial charge is 0.497 e. The van der Waals surface area contributed by atoms with E-state index in [4.69, 9.17) is 9.72 Å². The molecule has 1 saturated carbocycles. The van der Waals surface area contributed by atoms with Gasteiger partial charge in [-0.15, -0.1) is 0 Å². The van der Waals surface area contributed by atoms with E-state index < -0.39 is 0 Å². The minimum atomic E-state index is 0.0969. The number of nitrogens with zero attached hydrogens (tertiary/aromatic N) is 4. The van der Waals surface area contributed by atoms with Crippen molar-refractivity contribution in [3.8, 4) is 16.9 Å². The Morgan fingerprint density at radius 2 is 1.72 bits per heavy atom. The van der Waals surface area contributed by atoms with Crippen LogP contribution in [0.2, 0.25) is 0 Å². The summed E-state index contributed by atoms with van der Waals surface area (Å²) in [5.74, 6) is 1.86. The average Bonchev–Trinajstić information content (AvgIpc) is 3.60. The molecule has 1 aliphatic carbocycles. The van der Waals surface area contributed by atoms with E-state index in [0.717, 1.165) is 59.9 Å². The van der Waals surface area contributed by atoms with Crippen LogP contribution in [0.4, 0.5) is 0 Å². The fourth-order valence-electron chi connectivity index (χ4n) is 4.68. The maximum atomic E-state index is 13.1. The molecule has 2 aliphatic rings. The Morgan fingerprint density at radius 3 is 2.44 bits per heavy atom. The molecule has 0 spiro atoms. The number of amides is 1. The summed E-state index contributed by atoms with van der Waals surface area (Å²) < 4.78 is 7.15. The van der Waals surface area contributed by atoms with Crippen molar-refractivity contribution >= 4 is 5.91 Å². The van der Waals surface area contributed by atoms with Gasteiger partial charge in [0.15, 0.2) is 0 Å². The first-order chi connectivity index (χ1) is 15.5. The number of likely N-dealkylation sites (tertiary alicyclic amines) is 1. The first-order valence-corrected chi connectivity index (χ1v) is 11.5. The molecule has 1 amide bonds. The number of carbonyl (C=O) groups excluding carboxylic acids is 1. The fraction of sp³-hybridized carbons (Fsp3) is 0.423. The molecule has 6 heteroatoms. The second kappa shape index (κ2) is 8.41. The highest BCUT2D eigenvalue weighted by Crippen LogP contribution is 2.39. The SMILES string of the molecule is COc1cccc(-c2cc(C)nc(C3CCN(C(=O)c4cc(C5CC5)nn4C)CC3)c2)c1. The van der Waals surface area contributed by atoms with Crippen molar-refractivity contribution in [2.75, 3.05) is 20.2 Å².